The summed E-state index contributed by atoms with van der Waals surface area (Å²) in [6, 6.07) is 9.28. The van der Waals surface area contributed by atoms with Crippen molar-refractivity contribution in [3.8, 4) is 11.1 Å². The molecule has 3 aromatic rings. The van der Waals surface area contributed by atoms with Gasteiger partial charge in [-0.1, -0.05) is 24.3 Å². The average molecular weight is 293 g/mol. The molecule has 1 aliphatic heterocycles. The third-order valence-electron chi connectivity index (χ3n) is 4.55. The molecule has 0 amide bonds. The average Bonchev–Trinajstić information content (AvgIpc) is 3.25. The first-order chi connectivity index (χ1) is 10.8. The van der Waals surface area contributed by atoms with Crippen LogP contribution in [0.5, 0.6) is 0 Å². The Morgan fingerprint density at radius 2 is 1.77 bits per heavy atom. The Balaban J connectivity index is 1.60. The molecule has 4 rings (SSSR count). The number of likely N-dealkylation sites (tertiary alicyclic amines) is 1. The number of benzene rings is 1. The minimum Gasteiger partial charge on any atom is -0.297 e. The first kappa shape index (κ1) is 13.4. The van der Waals surface area contributed by atoms with Crippen LogP contribution in [0.25, 0.3) is 16.9 Å². The second-order valence-corrected chi connectivity index (χ2v) is 5.89. The number of rotatable bonds is 3. The number of nitrogens with zero attached hydrogens (tertiary/aromatic N) is 5. The molecule has 0 N–H and O–H groups in total. The SMILES string of the molecule is C[C@H](c1ccc(-c2cnc3ncnn3c2)cc1)N1CCCC1. The molecule has 0 unspecified atom stereocenters. The van der Waals surface area contributed by atoms with Gasteiger partial charge < -0.3 is 0 Å². The Morgan fingerprint density at radius 1 is 1.00 bits per heavy atom. The lowest BCUT2D eigenvalue weighted by atomic mass is 10.0. The lowest BCUT2D eigenvalue weighted by Gasteiger charge is -2.24. The Morgan fingerprint density at radius 3 is 2.55 bits per heavy atom. The van der Waals surface area contributed by atoms with Crippen LogP contribution in [-0.2, 0) is 0 Å². The first-order valence-electron chi connectivity index (χ1n) is 7.81. The van der Waals surface area contributed by atoms with E-state index in [9.17, 15) is 0 Å². The van der Waals surface area contributed by atoms with Gasteiger partial charge in [-0.2, -0.15) is 10.1 Å². The van der Waals surface area contributed by atoms with Crippen molar-refractivity contribution in [2.75, 3.05) is 13.1 Å². The van der Waals surface area contributed by atoms with E-state index in [0.717, 1.165) is 11.1 Å². The highest BCUT2D eigenvalue weighted by Gasteiger charge is 2.19. The molecule has 1 aromatic carbocycles. The van der Waals surface area contributed by atoms with Crippen LogP contribution in [0.2, 0.25) is 0 Å². The number of aromatic nitrogens is 4. The lowest BCUT2D eigenvalue weighted by molar-refractivity contribution is 0.263. The van der Waals surface area contributed by atoms with E-state index in [2.05, 4.69) is 51.2 Å². The molecule has 22 heavy (non-hydrogen) atoms. The summed E-state index contributed by atoms with van der Waals surface area (Å²) in [5.74, 6) is 0.628. The largest absolute Gasteiger partial charge is 0.297 e. The molecule has 5 heteroatoms. The maximum atomic E-state index is 4.32. The molecule has 2 aromatic heterocycles. The summed E-state index contributed by atoms with van der Waals surface area (Å²) in [6.45, 7) is 4.73. The van der Waals surface area contributed by atoms with Crippen molar-refractivity contribution in [3.63, 3.8) is 0 Å². The summed E-state index contributed by atoms with van der Waals surface area (Å²) in [5, 5.41) is 4.14. The Labute approximate surface area is 129 Å². The Kier molecular flexibility index (Phi) is 3.35. The van der Waals surface area contributed by atoms with Crippen molar-refractivity contribution < 1.29 is 0 Å². The number of hydrogen-bond acceptors (Lipinski definition) is 4. The smallest absolute Gasteiger partial charge is 0.252 e. The summed E-state index contributed by atoms with van der Waals surface area (Å²) < 4.78 is 1.70. The third-order valence-corrected chi connectivity index (χ3v) is 4.55. The summed E-state index contributed by atoms with van der Waals surface area (Å²) in [5.41, 5.74) is 3.58. The zero-order valence-electron chi connectivity index (χ0n) is 12.7. The summed E-state index contributed by atoms with van der Waals surface area (Å²) in [4.78, 5) is 10.9. The van der Waals surface area contributed by atoms with Crippen LogP contribution in [0, 0.1) is 0 Å². The first-order valence-corrected chi connectivity index (χ1v) is 7.81. The van der Waals surface area contributed by atoms with Gasteiger partial charge in [0.05, 0.1) is 0 Å². The molecule has 1 atom stereocenters. The van der Waals surface area contributed by atoms with E-state index < -0.39 is 0 Å². The van der Waals surface area contributed by atoms with Crippen molar-refractivity contribution >= 4 is 5.78 Å². The predicted octanol–water partition coefficient (Wildman–Crippen LogP) is 2.95. The van der Waals surface area contributed by atoms with E-state index in [1.54, 1.807) is 4.52 Å². The predicted molar refractivity (Wildman–Crippen MR) is 85.4 cm³/mol. The molecule has 1 aliphatic rings. The van der Waals surface area contributed by atoms with Crippen LogP contribution in [0.15, 0.2) is 43.0 Å². The van der Waals surface area contributed by atoms with Gasteiger partial charge in [-0.05, 0) is 44.0 Å². The maximum absolute atomic E-state index is 4.32. The van der Waals surface area contributed by atoms with Crippen LogP contribution in [0.1, 0.15) is 31.4 Å². The van der Waals surface area contributed by atoms with Gasteiger partial charge >= 0.3 is 0 Å². The van der Waals surface area contributed by atoms with Gasteiger partial charge in [0.15, 0.2) is 0 Å². The van der Waals surface area contributed by atoms with Gasteiger partial charge in [-0.15, -0.1) is 0 Å². The molecule has 3 heterocycles. The molecule has 5 nitrogen and oxygen atoms in total. The highest BCUT2D eigenvalue weighted by atomic mass is 15.3. The van der Waals surface area contributed by atoms with Crippen molar-refractivity contribution in [3.05, 3.63) is 48.5 Å². The van der Waals surface area contributed by atoms with Crippen LogP contribution >= 0.6 is 0 Å². The summed E-state index contributed by atoms with van der Waals surface area (Å²) in [6.07, 6.45) is 7.99. The lowest BCUT2D eigenvalue weighted by Crippen LogP contribution is -2.23. The second-order valence-electron chi connectivity index (χ2n) is 5.89. The zero-order valence-corrected chi connectivity index (χ0v) is 12.7. The van der Waals surface area contributed by atoms with Gasteiger partial charge in [-0.3, -0.25) is 4.90 Å². The normalized spacial score (nSPS) is 17.1. The molecular weight excluding hydrogens is 274 g/mol. The fourth-order valence-electron chi connectivity index (χ4n) is 3.16. The number of fused-ring (bicyclic) bond motifs is 1. The molecule has 0 saturated carbocycles. The highest BCUT2D eigenvalue weighted by Crippen LogP contribution is 2.26. The van der Waals surface area contributed by atoms with Crippen LogP contribution < -0.4 is 0 Å². The van der Waals surface area contributed by atoms with E-state index >= 15 is 0 Å². The molecule has 0 aliphatic carbocycles. The van der Waals surface area contributed by atoms with Crippen molar-refractivity contribution in [1.29, 1.82) is 0 Å². The van der Waals surface area contributed by atoms with Gasteiger partial charge in [0.25, 0.3) is 5.78 Å². The van der Waals surface area contributed by atoms with Gasteiger partial charge in [0, 0.05) is 24.0 Å². The van der Waals surface area contributed by atoms with E-state index in [-0.39, 0.29) is 0 Å². The zero-order chi connectivity index (χ0) is 14.9. The Bertz CT molecular complexity index is 771. The number of hydrogen-bond donors (Lipinski definition) is 0. The topological polar surface area (TPSA) is 46.3 Å². The molecular formula is C17H19N5. The third kappa shape index (κ3) is 2.37. The summed E-state index contributed by atoms with van der Waals surface area (Å²) in [7, 11) is 0. The molecule has 112 valence electrons. The standard InChI is InChI=1S/C17H19N5/c1-13(21-8-2-3-9-21)14-4-6-15(7-5-14)16-10-18-17-19-12-20-22(17)11-16/h4-7,10-13H,2-3,8-9H2,1H3/t13-/m1/s1. The molecule has 0 spiro atoms. The fourth-order valence-corrected chi connectivity index (χ4v) is 3.16. The van der Waals surface area contributed by atoms with E-state index in [1.165, 1.54) is 37.8 Å². The quantitative estimate of drug-likeness (QED) is 0.745. The second kappa shape index (κ2) is 5.50. The maximum Gasteiger partial charge on any atom is 0.252 e. The van der Waals surface area contributed by atoms with E-state index in [0.29, 0.717) is 11.8 Å². The van der Waals surface area contributed by atoms with Gasteiger partial charge in [0.1, 0.15) is 6.33 Å². The van der Waals surface area contributed by atoms with E-state index in [1.807, 2.05) is 12.4 Å². The molecule has 1 fully saturated rings. The van der Waals surface area contributed by atoms with Crippen LogP contribution in [0.3, 0.4) is 0 Å². The van der Waals surface area contributed by atoms with E-state index in [4.69, 9.17) is 0 Å². The van der Waals surface area contributed by atoms with Crippen molar-refractivity contribution in [1.82, 2.24) is 24.5 Å². The molecule has 1 saturated heterocycles. The molecule has 0 bridgehead atoms. The van der Waals surface area contributed by atoms with Crippen LogP contribution in [-0.4, -0.2) is 37.6 Å². The van der Waals surface area contributed by atoms with Gasteiger partial charge in [0.2, 0.25) is 0 Å². The van der Waals surface area contributed by atoms with Gasteiger partial charge in [-0.25, -0.2) is 9.50 Å². The van der Waals surface area contributed by atoms with Crippen LogP contribution in [0.4, 0.5) is 0 Å². The van der Waals surface area contributed by atoms with Crippen molar-refractivity contribution in [2.45, 2.75) is 25.8 Å². The Hall–Kier alpha value is -2.27. The minimum atomic E-state index is 0.493. The monoisotopic (exact) mass is 293 g/mol. The molecule has 0 radical (unpaired) electrons. The van der Waals surface area contributed by atoms with Crippen molar-refractivity contribution in [2.24, 2.45) is 0 Å². The minimum absolute atomic E-state index is 0.493. The summed E-state index contributed by atoms with van der Waals surface area (Å²) >= 11 is 0. The fraction of sp³-hybridized carbons (Fsp3) is 0.353. The highest BCUT2D eigenvalue weighted by molar-refractivity contribution is 5.62.